The molecule has 1 unspecified atom stereocenters. The van der Waals surface area contributed by atoms with Crippen molar-refractivity contribution in [3.8, 4) is 0 Å². The summed E-state index contributed by atoms with van der Waals surface area (Å²) in [5, 5.41) is 17.9. The highest BCUT2D eigenvalue weighted by Gasteiger charge is 2.55. The second-order valence-corrected chi connectivity index (χ2v) is 23.4. The van der Waals surface area contributed by atoms with Crippen molar-refractivity contribution in [2.24, 2.45) is 5.41 Å². The number of rotatable bonds is 58. The van der Waals surface area contributed by atoms with Gasteiger partial charge in [-0.3, -0.25) is 14.1 Å². The van der Waals surface area contributed by atoms with E-state index in [-0.39, 0.29) is 12.8 Å². The smallest absolute Gasteiger partial charge is 0.325 e. The van der Waals surface area contributed by atoms with E-state index >= 15 is 0 Å². The quantitative estimate of drug-likeness (QED) is 0.0409. The van der Waals surface area contributed by atoms with Gasteiger partial charge in [0.25, 0.3) is 10.1 Å². The molecule has 0 aliphatic rings. The minimum Gasteiger partial charge on any atom is -0.481 e. The Morgan fingerprint density at radius 1 is 0.309 bits per heavy atom. The zero-order valence-corrected chi connectivity index (χ0v) is 46.5. The fourth-order valence-electron chi connectivity index (χ4n) is 10.9. The first-order valence-electron chi connectivity index (χ1n) is 30.6. The van der Waals surface area contributed by atoms with Crippen LogP contribution >= 0.6 is 0 Å². The predicted octanol–water partition coefficient (Wildman–Crippen LogP) is 20.5. The van der Waals surface area contributed by atoms with Crippen LogP contribution in [0.2, 0.25) is 0 Å². The summed E-state index contributed by atoms with van der Waals surface area (Å²) in [4.78, 5) is 24.9. The molecule has 8 heteroatoms. The summed E-state index contributed by atoms with van der Waals surface area (Å²) in [7, 11) is -5.11. The Kier molecular flexibility index (Phi) is 49.9. The van der Waals surface area contributed by atoms with Crippen LogP contribution in [0.4, 0.5) is 0 Å². The van der Waals surface area contributed by atoms with Gasteiger partial charge in [-0.1, -0.05) is 348 Å². The van der Waals surface area contributed by atoms with Crippen LogP contribution in [-0.4, -0.2) is 40.4 Å². The van der Waals surface area contributed by atoms with Crippen molar-refractivity contribution in [1.29, 1.82) is 0 Å². The second-order valence-electron chi connectivity index (χ2n) is 21.9. The highest BCUT2D eigenvalue weighted by atomic mass is 32.2. The molecule has 0 fully saturated rings. The van der Waals surface area contributed by atoms with E-state index in [0.717, 1.165) is 51.4 Å². The van der Waals surface area contributed by atoms with Gasteiger partial charge in [0.15, 0.2) is 5.25 Å². The summed E-state index contributed by atoms with van der Waals surface area (Å²) in [6.45, 7) is 4.57. The van der Waals surface area contributed by atoms with E-state index in [9.17, 15) is 32.8 Å². The lowest BCUT2D eigenvalue weighted by Crippen LogP contribution is -2.51. The van der Waals surface area contributed by atoms with Crippen LogP contribution in [-0.2, 0) is 19.7 Å². The van der Waals surface area contributed by atoms with Gasteiger partial charge in [0.2, 0.25) is 0 Å². The van der Waals surface area contributed by atoms with Crippen LogP contribution in [0.25, 0.3) is 0 Å². The zero-order chi connectivity index (χ0) is 49.9. The Balaban J connectivity index is 3.99. The molecule has 3 N–H and O–H groups in total. The van der Waals surface area contributed by atoms with E-state index in [1.54, 1.807) is 0 Å². The standard InChI is InChI=1S/C60H118O7S/c1-3-5-7-9-11-13-15-17-19-21-23-25-27-29-31-33-35-37-39-41-43-45-47-49-51-53-55-60(59(63)64,57(58(61)62)68(65,66)67)56-54-52-50-48-46-44-42-40-38-36-34-32-30-28-26-24-22-20-18-16-14-12-10-8-6-4-2/h57H,3-56H2,1-2H3,(H,61,62)(H,63,64)(H,65,66,67). The molecule has 0 aromatic rings. The SMILES string of the molecule is CCCCCCCCCCCCCCCCCCCCCCCCCCCCC(CCCCCCCCCCCCCCCCCCCCCCCCCCCC)(C(=O)O)C(C(=O)O)S(=O)(=O)O. The Hall–Kier alpha value is -1.15. The number of carbonyl (C=O) groups is 2. The molecule has 0 amide bonds. The maximum atomic E-state index is 12.7. The first kappa shape index (κ1) is 66.9. The molecule has 0 spiro atoms. The first-order valence-corrected chi connectivity index (χ1v) is 32.1. The maximum absolute atomic E-state index is 12.7. The molecule has 0 saturated carbocycles. The summed E-state index contributed by atoms with van der Waals surface area (Å²) in [6, 6.07) is 0. The number of hydrogen-bond donors (Lipinski definition) is 3. The molecule has 0 aliphatic heterocycles. The van der Waals surface area contributed by atoms with Gasteiger partial charge in [0.1, 0.15) is 0 Å². The van der Waals surface area contributed by atoms with Crippen LogP contribution in [0.15, 0.2) is 0 Å². The Bertz CT molecular complexity index is 1120. The van der Waals surface area contributed by atoms with E-state index in [2.05, 4.69) is 13.8 Å². The van der Waals surface area contributed by atoms with E-state index in [4.69, 9.17) is 0 Å². The monoisotopic (exact) mass is 983 g/mol. The molecule has 406 valence electrons. The Labute approximate surface area is 424 Å². The van der Waals surface area contributed by atoms with Crippen LogP contribution in [0.5, 0.6) is 0 Å². The van der Waals surface area contributed by atoms with E-state index in [0.29, 0.717) is 12.8 Å². The fourth-order valence-corrected chi connectivity index (χ4v) is 12.0. The highest BCUT2D eigenvalue weighted by molar-refractivity contribution is 7.87. The average Bonchev–Trinajstić information content (AvgIpc) is 3.30. The molecule has 0 radical (unpaired) electrons. The average molecular weight is 984 g/mol. The highest BCUT2D eigenvalue weighted by Crippen LogP contribution is 2.40. The van der Waals surface area contributed by atoms with Gasteiger partial charge in [0, 0.05) is 0 Å². The van der Waals surface area contributed by atoms with E-state index in [1.165, 1.54) is 270 Å². The molecule has 0 aromatic carbocycles. The zero-order valence-electron chi connectivity index (χ0n) is 45.6. The third-order valence-corrected chi connectivity index (χ3v) is 16.7. The van der Waals surface area contributed by atoms with Gasteiger partial charge >= 0.3 is 11.9 Å². The van der Waals surface area contributed by atoms with Crippen LogP contribution in [0.1, 0.15) is 361 Å². The Morgan fingerprint density at radius 2 is 0.456 bits per heavy atom. The van der Waals surface area contributed by atoms with E-state index < -0.39 is 32.7 Å². The Morgan fingerprint density at radius 3 is 0.574 bits per heavy atom. The molecule has 1 atom stereocenters. The third-order valence-electron chi connectivity index (χ3n) is 15.4. The van der Waals surface area contributed by atoms with Crippen molar-refractivity contribution in [3.05, 3.63) is 0 Å². The lowest BCUT2D eigenvalue weighted by atomic mass is 9.74. The predicted molar refractivity (Wildman–Crippen MR) is 294 cm³/mol. The molecule has 0 rings (SSSR count). The number of hydrogen-bond acceptors (Lipinski definition) is 4. The maximum Gasteiger partial charge on any atom is 0.325 e. The topological polar surface area (TPSA) is 129 Å². The molecule has 0 heterocycles. The van der Waals surface area contributed by atoms with Crippen molar-refractivity contribution in [1.82, 2.24) is 0 Å². The van der Waals surface area contributed by atoms with Crippen molar-refractivity contribution >= 4 is 22.1 Å². The summed E-state index contributed by atoms with van der Waals surface area (Å²) in [5.41, 5.74) is -2.03. The number of unbranched alkanes of at least 4 members (excludes halogenated alkanes) is 50. The number of carboxylic acids is 2. The lowest BCUT2D eigenvalue weighted by molar-refractivity contribution is -0.156. The second kappa shape index (κ2) is 50.8. The molecule has 0 aromatic heterocycles. The normalized spacial score (nSPS) is 12.6. The van der Waals surface area contributed by atoms with Crippen LogP contribution in [0.3, 0.4) is 0 Å². The minimum absolute atomic E-state index is 0.0577. The van der Waals surface area contributed by atoms with Crippen molar-refractivity contribution in [3.63, 3.8) is 0 Å². The molecule has 0 bridgehead atoms. The summed E-state index contributed by atoms with van der Waals surface area (Å²) in [6.07, 6.45) is 66.2. The molecular weight excluding hydrogens is 865 g/mol. The van der Waals surface area contributed by atoms with Gasteiger partial charge in [-0.2, -0.15) is 8.42 Å². The lowest BCUT2D eigenvalue weighted by Gasteiger charge is -2.33. The van der Waals surface area contributed by atoms with Crippen molar-refractivity contribution in [2.45, 2.75) is 366 Å². The fraction of sp³-hybridized carbons (Fsp3) is 0.967. The number of aliphatic carboxylic acids is 2. The summed E-state index contributed by atoms with van der Waals surface area (Å²) < 4.78 is 34.6. The van der Waals surface area contributed by atoms with Gasteiger partial charge in [-0.05, 0) is 12.8 Å². The summed E-state index contributed by atoms with van der Waals surface area (Å²) in [5.74, 6) is -3.21. The van der Waals surface area contributed by atoms with Gasteiger partial charge in [0.05, 0.1) is 5.41 Å². The number of carboxylic acid groups (broad SMARTS) is 2. The molecular formula is C60H118O7S. The molecule has 68 heavy (non-hydrogen) atoms. The van der Waals surface area contributed by atoms with Gasteiger partial charge < -0.3 is 10.2 Å². The first-order chi connectivity index (χ1) is 33.1. The van der Waals surface area contributed by atoms with Crippen molar-refractivity contribution in [2.75, 3.05) is 0 Å². The third kappa shape index (κ3) is 42.5. The molecule has 0 saturated heterocycles. The summed E-state index contributed by atoms with van der Waals surface area (Å²) >= 11 is 0. The minimum atomic E-state index is -5.11. The molecule has 7 nitrogen and oxygen atoms in total. The largest absolute Gasteiger partial charge is 0.481 e. The van der Waals surface area contributed by atoms with Crippen molar-refractivity contribution < 1.29 is 32.8 Å². The van der Waals surface area contributed by atoms with Crippen LogP contribution in [0, 0.1) is 5.41 Å². The van der Waals surface area contributed by atoms with Crippen LogP contribution < -0.4 is 0 Å². The molecule has 0 aliphatic carbocycles. The van der Waals surface area contributed by atoms with E-state index in [1.807, 2.05) is 0 Å². The van der Waals surface area contributed by atoms with Gasteiger partial charge in [-0.25, -0.2) is 0 Å². The van der Waals surface area contributed by atoms with Gasteiger partial charge in [-0.15, -0.1) is 0 Å².